The molecular formula is C11H12IN3. The fraction of sp³-hybridized carbons (Fsp3) is 0.182. The number of hydrogen-bond donors (Lipinski definition) is 1. The molecule has 0 spiro atoms. The Bertz CT molecular complexity index is 476. The summed E-state index contributed by atoms with van der Waals surface area (Å²) in [7, 11) is 1.91. The van der Waals surface area contributed by atoms with Crippen LogP contribution >= 0.6 is 22.6 Å². The van der Waals surface area contributed by atoms with Gasteiger partial charge in [0.05, 0.1) is 6.20 Å². The summed E-state index contributed by atoms with van der Waals surface area (Å²) in [6.07, 6.45) is 3.83. The van der Waals surface area contributed by atoms with Gasteiger partial charge in [0, 0.05) is 28.9 Å². The first-order valence-electron chi connectivity index (χ1n) is 4.64. The van der Waals surface area contributed by atoms with Crippen LogP contribution in [0.4, 0.5) is 5.69 Å². The van der Waals surface area contributed by atoms with Gasteiger partial charge in [0.15, 0.2) is 0 Å². The molecule has 0 aliphatic carbocycles. The standard InChI is InChI=1S/C11H12IN3/c1-15-7-10(6-14-15)8-2-3-9(5-12)11(13)4-8/h2-4,6-7H,5,13H2,1H3. The van der Waals surface area contributed by atoms with Crippen molar-refractivity contribution in [2.45, 2.75) is 4.43 Å². The number of nitrogens with two attached hydrogens (primary N) is 1. The molecule has 0 saturated heterocycles. The topological polar surface area (TPSA) is 43.8 Å². The van der Waals surface area contributed by atoms with Gasteiger partial charge in [-0.1, -0.05) is 34.7 Å². The van der Waals surface area contributed by atoms with Crippen LogP contribution in [0.1, 0.15) is 5.56 Å². The number of aryl methyl sites for hydroxylation is 1. The average Bonchev–Trinajstić information content (AvgIpc) is 2.65. The van der Waals surface area contributed by atoms with Crippen molar-refractivity contribution in [3.8, 4) is 11.1 Å². The van der Waals surface area contributed by atoms with Crippen LogP contribution in [-0.4, -0.2) is 9.78 Å². The minimum Gasteiger partial charge on any atom is -0.398 e. The maximum atomic E-state index is 5.94. The third-order valence-corrected chi connectivity index (χ3v) is 3.15. The van der Waals surface area contributed by atoms with Crippen molar-refractivity contribution in [1.82, 2.24) is 9.78 Å². The summed E-state index contributed by atoms with van der Waals surface area (Å²) in [5, 5.41) is 4.14. The predicted octanol–water partition coefficient (Wildman–Crippen LogP) is 2.60. The van der Waals surface area contributed by atoms with E-state index in [1.807, 2.05) is 25.5 Å². The number of halogens is 1. The van der Waals surface area contributed by atoms with E-state index < -0.39 is 0 Å². The van der Waals surface area contributed by atoms with Crippen molar-refractivity contribution in [2.75, 3.05) is 5.73 Å². The summed E-state index contributed by atoms with van der Waals surface area (Å²) in [5.41, 5.74) is 10.2. The zero-order valence-electron chi connectivity index (χ0n) is 8.44. The Morgan fingerprint density at radius 1 is 1.40 bits per heavy atom. The molecule has 1 aromatic carbocycles. The SMILES string of the molecule is Cn1cc(-c2ccc(CI)c(N)c2)cn1. The van der Waals surface area contributed by atoms with Crippen molar-refractivity contribution < 1.29 is 0 Å². The smallest absolute Gasteiger partial charge is 0.0568 e. The maximum absolute atomic E-state index is 5.94. The summed E-state index contributed by atoms with van der Waals surface area (Å²) < 4.78 is 2.73. The minimum atomic E-state index is 0.853. The normalized spacial score (nSPS) is 10.5. The van der Waals surface area contributed by atoms with Crippen LogP contribution in [0.2, 0.25) is 0 Å². The highest BCUT2D eigenvalue weighted by Gasteiger charge is 2.03. The molecule has 0 atom stereocenters. The van der Waals surface area contributed by atoms with Gasteiger partial charge in [-0.15, -0.1) is 0 Å². The highest BCUT2D eigenvalue weighted by Crippen LogP contribution is 2.24. The monoisotopic (exact) mass is 313 g/mol. The molecule has 0 aliphatic rings. The number of benzene rings is 1. The highest BCUT2D eigenvalue weighted by atomic mass is 127. The Kier molecular flexibility index (Phi) is 2.95. The quantitative estimate of drug-likeness (QED) is 0.526. The number of hydrogen-bond acceptors (Lipinski definition) is 2. The molecule has 78 valence electrons. The van der Waals surface area contributed by atoms with Crippen LogP contribution in [0.3, 0.4) is 0 Å². The maximum Gasteiger partial charge on any atom is 0.0568 e. The highest BCUT2D eigenvalue weighted by molar-refractivity contribution is 14.1. The molecule has 2 aromatic rings. The molecule has 0 bridgehead atoms. The van der Waals surface area contributed by atoms with Gasteiger partial charge in [-0.3, -0.25) is 4.68 Å². The third-order valence-electron chi connectivity index (χ3n) is 2.33. The van der Waals surface area contributed by atoms with Crippen LogP contribution in [0.5, 0.6) is 0 Å². The van der Waals surface area contributed by atoms with Crippen LogP contribution < -0.4 is 5.73 Å². The van der Waals surface area contributed by atoms with E-state index in [4.69, 9.17) is 5.73 Å². The first-order chi connectivity index (χ1) is 7.20. The first kappa shape index (κ1) is 10.5. The lowest BCUT2D eigenvalue weighted by Crippen LogP contribution is -1.91. The average molecular weight is 313 g/mol. The summed E-state index contributed by atoms with van der Waals surface area (Å²) >= 11 is 2.31. The second-order valence-corrected chi connectivity index (χ2v) is 4.21. The van der Waals surface area contributed by atoms with Gasteiger partial charge in [0.2, 0.25) is 0 Å². The zero-order valence-corrected chi connectivity index (χ0v) is 10.6. The van der Waals surface area contributed by atoms with Gasteiger partial charge >= 0.3 is 0 Å². The van der Waals surface area contributed by atoms with Gasteiger partial charge in [-0.05, 0) is 17.2 Å². The molecule has 2 rings (SSSR count). The van der Waals surface area contributed by atoms with Crippen molar-refractivity contribution in [3.05, 3.63) is 36.2 Å². The number of aromatic nitrogens is 2. The second kappa shape index (κ2) is 4.22. The largest absolute Gasteiger partial charge is 0.398 e. The molecule has 0 saturated carbocycles. The van der Waals surface area contributed by atoms with E-state index in [-0.39, 0.29) is 0 Å². The fourth-order valence-corrected chi connectivity index (χ4v) is 2.16. The number of nitrogens with zero attached hydrogens (tertiary/aromatic N) is 2. The molecule has 4 heteroatoms. The lowest BCUT2D eigenvalue weighted by Gasteiger charge is -2.04. The van der Waals surface area contributed by atoms with E-state index in [1.165, 1.54) is 5.56 Å². The summed E-state index contributed by atoms with van der Waals surface area (Å²) in [6.45, 7) is 0. The Morgan fingerprint density at radius 2 is 2.20 bits per heavy atom. The van der Waals surface area contributed by atoms with Gasteiger partial charge in [-0.2, -0.15) is 5.10 Å². The Hall–Kier alpha value is -1.04. The van der Waals surface area contributed by atoms with E-state index in [1.54, 1.807) is 4.68 Å². The van der Waals surface area contributed by atoms with E-state index in [9.17, 15) is 0 Å². The second-order valence-electron chi connectivity index (χ2n) is 3.45. The molecule has 0 unspecified atom stereocenters. The number of nitrogen functional groups attached to an aromatic ring is 1. The van der Waals surface area contributed by atoms with Crippen molar-refractivity contribution in [2.24, 2.45) is 7.05 Å². The van der Waals surface area contributed by atoms with Gasteiger partial charge in [-0.25, -0.2) is 0 Å². The molecule has 1 aromatic heterocycles. The van der Waals surface area contributed by atoms with E-state index in [0.717, 1.165) is 21.2 Å². The predicted molar refractivity (Wildman–Crippen MR) is 70.8 cm³/mol. The van der Waals surface area contributed by atoms with E-state index >= 15 is 0 Å². The Balaban J connectivity index is 2.42. The van der Waals surface area contributed by atoms with Crippen molar-refractivity contribution in [3.63, 3.8) is 0 Å². The Labute approximate surface area is 102 Å². The minimum absolute atomic E-state index is 0.853. The number of alkyl halides is 1. The molecule has 1 heterocycles. The van der Waals surface area contributed by atoms with Gasteiger partial charge < -0.3 is 5.73 Å². The molecule has 0 amide bonds. The molecule has 2 N–H and O–H groups in total. The lowest BCUT2D eigenvalue weighted by atomic mass is 10.1. The van der Waals surface area contributed by atoms with Crippen LogP contribution in [0.25, 0.3) is 11.1 Å². The molecule has 15 heavy (non-hydrogen) atoms. The van der Waals surface area contributed by atoms with Crippen LogP contribution in [-0.2, 0) is 11.5 Å². The summed E-state index contributed by atoms with van der Waals surface area (Å²) in [5.74, 6) is 0. The van der Waals surface area contributed by atoms with Crippen molar-refractivity contribution >= 4 is 28.3 Å². The van der Waals surface area contributed by atoms with Crippen LogP contribution in [0.15, 0.2) is 30.6 Å². The van der Waals surface area contributed by atoms with Crippen molar-refractivity contribution in [1.29, 1.82) is 0 Å². The zero-order chi connectivity index (χ0) is 10.8. The fourth-order valence-electron chi connectivity index (χ4n) is 1.47. The first-order valence-corrected chi connectivity index (χ1v) is 6.16. The van der Waals surface area contributed by atoms with E-state index in [2.05, 4.69) is 39.8 Å². The molecule has 3 nitrogen and oxygen atoms in total. The van der Waals surface area contributed by atoms with Gasteiger partial charge in [0.1, 0.15) is 0 Å². The molecular weight excluding hydrogens is 301 g/mol. The molecule has 0 aliphatic heterocycles. The number of rotatable bonds is 2. The molecule has 0 radical (unpaired) electrons. The lowest BCUT2D eigenvalue weighted by molar-refractivity contribution is 0.768. The third kappa shape index (κ3) is 2.14. The summed E-state index contributed by atoms with van der Waals surface area (Å²) in [6, 6.07) is 6.16. The Morgan fingerprint density at radius 3 is 2.73 bits per heavy atom. The molecule has 0 fully saturated rings. The number of anilines is 1. The van der Waals surface area contributed by atoms with E-state index in [0.29, 0.717) is 0 Å². The van der Waals surface area contributed by atoms with Gasteiger partial charge in [0.25, 0.3) is 0 Å². The summed E-state index contributed by atoms with van der Waals surface area (Å²) in [4.78, 5) is 0. The van der Waals surface area contributed by atoms with Crippen LogP contribution in [0, 0.1) is 0 Å².